The summed E-state index contributed by atoms with van der Waals surface area (Å²) in [5, 5.41) is 16.0. The highest BCUT2D eigenvalue weighted by Gasteiger charge is 2.20. The first-order valence-corrected chi connectivity index (χ1v) is 7.90. The van der Waals surface area contributed by atoms with E-state index >= 15 is 0 Å². The summed E-state index contributed by atoms with van der Waals surface area (Å²) in [6.45, 7) is 1.48. The van der Waals surface area contributed by atoms with Crippen LogP contribution in [0.3, 0.4) is 0 Å². The lowest BCUT2D eigenvalue weighted by Gasteiger charge is -2.13. The minimum absolute atomic E-state index is 0.0918. The SMILES string of the molecule is C[C@@H](OC(=O)Cc1noc2ccccc12)C(=O)Nc1ccc(C#N)cc1. The van der Waals surface area contributed by atoms with E-state index < -0.39 is 18.0 Å². The topological polar surface area (TPSA) is 105 Å². The van der Waals surface area contributed by atoms with E-state index in [1.54, 1.807) is 36.4 Å². The zero-order chi connectivity index (χ0) is 18.5. The van der Waals surface area contributed by atoms with E-state index in [-0.39, 0.29) is 6.42 Å². The quantitative estimate of drug-likeness (QED) is 0.710. The number of fused-ring (bicyclic) bond motifs is 1. The van der Waals surface area contributed by atoms with Gasteiger partial charge in [-0.3, -0.25) is 9.59 Å². The Morgan fingerprint density at radius 2 is 1.96 bits per heavy atom. The third-order valence-electron chi connectivity index (χ3n) is 3.72. The maximum absolute atomic E-state index is 12.1. The Balaban J connectivity index is 1.58. The van der Waals surface area contributed by atoms with Gasteiger partial charge in [0.2, 0.25) is 0 Å². The fraction of sp³-hybridized carbons (Fsp3) is 0.158. The molecule has 7 heteroatoms. The summed E-state index contributed by atoms with van der Waals surface area (Å²) in [6.07, 6.45) is -1.07. The van der Waals surface area contributed by atoms with Gasteiger partial charge >= 0.3 is 5.97 Å². The van der Waals surface area contributed by atoms with Crippen molar-refractivity contribution in [1.82, 2.24) is 5.16 Å². The van der Waals surface area contributed by atoms with Gasteiger partial charge in [0.15, 0.2) is 11.7 Å². The van der Waals surface area contributed by atoms with Gasteiger partial charge in [-0.1, -0.05) is 17.3 Å². The lowest BCUT2D eigenvalue weighted by Crippen LogP contribution is -2.30. The van der Waals surface area contributed by atoms with Crippen molar-refractivity contribution in [3.8, 4) is 6.07 Å². The summed E-state index contributed by atoms with van der Waals surface area (Å²) >= 11 is 0. The van der Waals surface area contributed by atoms with Crippen LogP contribution >= 0.6 is 0 Å². The van der Waals surface area contributed by atoms with Gasteiger partial charge in [-0.05, 0) is 43.3 Å². The largest absolute Gasteiger partial charge is 0.452 e. The van der Waals surface area contributed by atoms with Crippen molar-refractivity contribution in [3.63, 3.8) is 0 Å². The molecule has 0 aliphatic heterocycles. The molecule has 3 aromatic rings. The van der Waals surface area contributed by atoms with Crippen LogP contribution in [-0.4, -0.2) is 23.1 Å². The normalized spacial score (nSPS) is 11.5. The highest BCUT2D eigenvalue weighted by molar-refractivity contribution is 5.95. The summed E-state index contributed by atoms with van der Waals surface area (Å²) in [5.41, 5.74) is 2.05. The van der Waals surface area contributed by atoms with E-state index in [2.05, 4.69) is 10.5 Å². The Labute approximate surface area is 149 Å². The number of amides is 1. The standard InChI is InChI=1S/C19H15N3O4/c1-12(19(24)21-14-8-6-13(11-20)7-9-14)25-18(23)10-16-15-4-2-3-5-17(15)26-22-16/h2-9,12H,10H2,1H3,(H,21,24)/t12-/m1/s1. The molecule has 3 rings (SSSR count). The molecule has 0 bridgehead atoms. The monoisotopic (exact) mass is 349 g/mol. The minimum Gasteiger partial charge on any atom is -0.452 e. The summed E-state index contributed by atoms with van der Waals surface area (Å²) in [4.78, 5) is 24.2. The maximum atomic E-state index is 12.1. The Morgan fingerprint density at radius 3 is 2.69 bits per heavy atom. The lowest BCUT2D eigenvalue weighted by atomic mass is 10.2. The zero-order valence-electron chi connectivity index (χ0n) is 13.9. The number of rotatable bonds is 5. The third kappa shape index (κ3) is 3.87. The number of nitrogens with zero attached hydrogens (tertiary/aromatic N) is 2. The van der Waals surface area contributed by atoms with E-state index in [1.165, 1.54) is 6.92 Å². The van der Waals surface area contributed by atoms with Crippen LogP contribution < -0.4 is 5.32 Å². The molecular weight excluding hydrogens is 334 g/mol. The summed E-state index contributed by atoms with van der Waals surface area (Å²) < 4.78 is 10.3. The van der Waals surface area contributed by atoms with Crippen molar-refractivity contribution in [2.24, 2.45) is 0 Å². The van der Waals surface area contributed by atoms with Gasteiger partial charge in [-0.2, -0.15) is 5.26 Å². The van der Waals surface area contributed by atoms with Crippen LogP contribution in [0.4, 0.5) is 5.69 Å². The molecule has 1 amide bonds. The Morgan fingerprint density at radius 1 is 1.23 bits per heavy atom. The number of hydrogen-bond acceptors (Lipinski definition) is 6. The number of benzene rings is 2. The van der Waals surface area contributed by atoms with Crippen LogP contribution in [0, 0.1) is 11.3 Å². The first kappa shape index (κ1) is 17.2. The number of hydrogen-bond donors (Lipinski definition) is 1. The molecule has 0 saturated carbocycles. The number of anilines is 1. The molecule has 0 unspecified atom stereocenters. The average molecular weight is 349 g/mol. The second-order valence-corrected chi connectivity index (χ2v) is 5.61. The van der Waals surface area contributed by atoms with Gasteiger partial charge in [0.25, 0.3) is 5.91 Å². The second-order valence-electron chi connectivity index (χ2n) is 5.61. The molecule has 2 aromatic carbocycles. The van der Waals surface area contributed by atoms with Crippen molar-refractivity contribution < 1.29 is 18.8 Å². The summed E-state index contributed by atoms with van der Waals surface area (Å²) in [7, 11) is 0. The minimum atomic E-state index is -0.976. The van der Waals surface area contributed by atoms with Gasteiger partial charge in [-0.15, -0.1) is 0 Å². The van der Waals surface area contributed by atoms with E-state index in [1.807, 2.05) is 18.2 Å². The predicted octanol–water partition coefficient (Wildman–Crippen LogP) is 2.81. The molecule has 0 radical (unpaired) electrons. The maximum Gasteiger partial charge on any atom is 0.312 e. The molecule has 1 heterocycles. The molecule has 130 valence electrons. The van der Waals surface area contributed by atoms with Gasteiger partial charge in [-0.25, -0.2) is 0 Å². The van der Waals surface area contributed by atoms with Crippen LogP contribution in [-0.2, 0) is 20.7 Å². The fourth-order valence-electron chi connectivity index (χ4n) is 2.37. The predicted molar refractivity (Wildman–Crippen MR) is 93.1 cm³/mol. The van der Waals surface area contributed by atoms with Gasteiger partial charge < -0.3 is 14.6 Å². The number of nitriles is 1. The van der Waals surface area contributed by atoms with Crippen molar-refractivity contribution >= 4 is 28.5 Å². The number of para-hydroxylation sites is 1. The fourth-order valence-corrected chi connectivity index (χ4v) is 2.37. The van der Waals surface area contributed by atoms with Crippen LogP contribution in [0.5, 0.6) is 0 Å². The summed E-state index contributed by atoms with van der Waals surface area (Å²) in [5.74, 6) is -1.04. The summed E-state index contributed by atoms with van der Waals surface area (Å²) in [6, 6.07) is 15.6. The molecule has 0 aliphatic rings. The highest BCUT2D eigenvalue weighted by atomic mass is 16.5. The van der Waals surface area contributed by atoms with Crippen molar-refractivity contribution in [2.75, 3.05) is 5.32 Å². The molecule has 1 atom stereocenters. The van der Waals surface area contributed by atoms with Gasteiger partial charge in [0, 0.05) is 11.1 Å². The second kappa shape index (κ2) is 7.49. The van der Waals surface area contributed by atoms with Crippen LogP contribution in [0.2, 0.25) is 0 Å². The number of esters is 1. The third-order valence-corrected chi connectivity index (χ3v) is 3.72. The Bertz CT molecular complexity index is 986. The lowest BCUT2D eigenvalue weighted by molar-refractivity contribution is -0.152. The highest BCUT2D eigenvalue weighted by Crippen LogP contribution is 2.18. The Hall–Kier alpha value is -3.66. The first-order chi connectivity index (χ1) is 12.6. The smallest absolute Gasteiger partial charge is 0.312 e. The number of carbonyl (C=O) groups is 2. The molecule has 1 N–H and O–H groups in total. The zero-order valence-corrected chi connectivity index (χ0v) is 13.9. The molecule has 26 heavy (non-hydrogen) atoms. The van der Waals surface area contributed by atoms with Crippen LogP contribution in [0.15, 0.2) is 53.1 Å². The van der Waals surface area contributed by atoms with Crippen molar-refractivity contribution in [1.29, 1.82) is 5.26 Å². The molecule has 0 spiro atoms. The van der Waals surface area contributed by atoms with Crippen molar-refractivity contribution in [3.05, 3.63) is 59.8 Å². The molecule has 1 aromatic heterocycles. The molecular formula is C19H15N3O4. The van der Waals surface area contributed by atoms with E-state index in [0.717, 1.165) is 5.39 Å². The number of aromatic nitrogens is 1. The van der Waals surface area contributed by atoms with Crippen molar-refractivity contribution in [2.45, 2.75) is 19.4 Å². The molecule has 0 saturated heterocycles. The molecule has 0 aliphatic carbocycles. The Kier molecular flexibility index (Phi) is 4.94. The molecule has 7 nitrogen and oxygen atoms in total. The van der Waals surface area contributed by atoms with Crippen LogP contribution in [0.25, 0.3) is 11.0 Å². The number of nitrogens with one attached hydrogen (secondary N) is 1. The number of carbonyl (C=O) groups excluding carboxylic acids is 2. The van der Waals surface area contributed by atoms with E-state index in [4.69, 9.17) is 14.5 Å². The first-order valence-electron chi connectivity index (χ1n) is 7.90. The number of ether oxygens (including phenoxy) is 1. The van der Waals surface area contributed by atoms with Gasteiger partial charge in [0.05, 0.1) is 18.1 Å². The van der Waals surface area contributed by atoms with Gasteiger partial charge in [0.1, 0.15) is 5.69 Å². The average Bonchev–Trinajstić information content (AvgIpc) is 3.05. The van der Waals surface area contributed by atoms with E-state index in [0.29, 0.717) is 22.5 Å². The molecule has 0 fully saturated rings. The van der Waals surface area contributed by atoms with E-state index in [9.17, 15) is 9.59 Å². The van der Waals surface area contributed by atoms with Crippen LogP contribution in [0.1, 0.15) is 18.2 Å².